The number of hydrogen-bond acceptors (Lipinski definition) is 4. The van der Waals surface area contributed by atoms with E-state index in [0.717, 1.165) is 10.6 Å². The van der Waals surface area contributed by atoms with E-state index in [-0.39, 0.29) is 12.2 Å². The molecule has 0 amide bonds. The first-order valence-corrected chi connectivity index (χ1v) is 6.76. The lowest BCUT2D eigenvalue weighted by Gasteiger charge is -2.08. The van der Waals surface area contributed by atoms with E-state index in [4.69, 9.17) is 17.3 Å². The highest BCUT2D eigenvalue weighted by atomic mass is 35.5. The predicted octanol–water partition coefficient (Wildman–Crippen LogP) is 2.26. The average molecular weight is 284 g/mol. The summed E-state index contributed by atoms with van der Waals surface area (Å²) in [6.07, 6.45) is 0.204. The maximum atomic E-state index is 12.1. The van der Waals surface area contributed by atoms with Crippen molar-refractivity contribution in [1.29, 1.82) is 0 Å². The van der Waals surface area contributed by atoms with E-state index in [1.807, 2.05) is 24.4 Å². The molecule has 0 saturated heterocycles. The van der Waals surface area contributed by atoms with Crippen LogP contribution in [0.25, 0.3) is 0 Å². The average Bonchev–Trinajstić information content (AvgIpc) is 2.93. The lowest BCUT2D eigenvalue weighted by atomic mass is 10.1. The molecule has 0 aromatic carbocycles. The molecule has 2 N–H and O–H groups in total. The molecule has 1 unspecified atom stereocenters. The highest BCUT2D eigenvalue weighted by molar-refractivity contribution is 7.10. The molecule has 0 saturated carbocycles. The van der Waals surface area contributed by atoms with Gasteiger partial charge < -0.3 is 5.73 Å². The van der Waals surface area contributed by atoms with Gasteiger partial charge in [-0.25, -0.2) is 0 Å². The number of nitrogens with zero attached hydrogens (tertiary/aromatic N) is 2. The molecule has 2 rings (SSSR count). The number of carbonyl (C=O) groups is 1. The third kappa shape index (κ3) is 2.48. The lowest BCUT2D eigenvalue weighted by molar-refractivity contribution is -0.119. The Balaban J connectivity index is 2.17. The van der Waals surface area contributed by atoms with Crippen LogP contribution in [0.5, 0.6) is 0 Å². The molecule has 2 aromatic rings. The number of nitrogens with two attached hydrogens (primary N) is 1. The second kappa shape index (κ2) is 5.22. The van der Waals surface area contributed by atoms with Crippen LogP contribution in [0, 0.1) is 6.92 Å². The van der Waals surface area contributed by atoms with Gasteiger partial charge in [-0.3, -0.25) is 9.48 Å². The molecule has 18 heavy (non-hydrogen) atoms. The number of halogens is 1. The van der Waals surface area contributed by atoms with Gasteiger partial charge in [0.2, 0.25) is 0 Å². The van der Waals surface area contributed by atoms with Gasteiger partial charge in [0.1, 0.15) is 0 Å². The quantitative estimate of drug-likeness (QED) is 0.936. The molecule has 0 aliphatic carbocycles. The van der Waals surface area contributed by atoms with Gasteiger partial charge in [0, 0.05) is 11.9 Å². The second-order valence-electron chi connectivity index (χ2n) is 4.11. The Morgan fingerprint density at radius 2 is 2.39 bits per heavy atom. The van der Waals surface area contributed by atoms with Gasteiger partial charge in [-0.15, -0.1) is 11.3 Å². The summed E-state index contributed by atoms with van der Waals surface area (Å²) >= 11 is 7.60. The van der Waals surface area contributed by atoms with Crippen LogP contribution in [0.4, 0.5) is 0 Å². The molecule has 0 aliphatic rings. The monoisotopic (exact) mass is 283 g/mol. The van der Waals surface area contributed by atoms with E-state index in [9.17, 15) is 4.79 Å². The van der Waals surface area contributed by atoms with Crippen LogP contribution in [0.2, 0.25) is 5.02 Å². The third-order valence-corrected chi connectivity index (χ3v) is 4.25. The largest absolute Gasteiger partial charge is 0.317 e. The van der Waals surface area contributed by atoms with Crippen LogP contribution in [0.1, 0.15) is 22.3 Å². The molecule has 0 bridgehead atoms. The summed E-state index contributed by atoms with van der Waals surface area (Å²) in [5.41, 5.74) is 7.37. The third-order valence-electron chi connectivity index (χ3n) is 2.80. The molecular weight excluding hydrogens is 270 g/mol. The summed E-state index contributed by atoms with van der Waals surface area (Å²) in [6, 6.07) is 3.16. The molecule has 96 valence electrons. The first kappa shape index (κ1) is 13.3. The Bertz CT molecular complexity index is 562. The van der Waals surface area contributed by atoms with Crippen LogP contribution >= 0.6 is 22.9 Å². The summed E-state index contributed by atoms with van der Waals surface area (Å²) in [5.74, 6) is -0.0534. The van der Waals surface area contributed by atoms with Crippen LogP contribution < -0.4 is 5.73 Å². The van der Waals surface area contributed by atoms with Gasteiger partial charge in [0.25, 0.3) is 0 Å². The van der Waals surface area contributed by atoms with Crippen LogP contribution in [-0.4, -0.2) is 15.6 Å². The van der Waals surface area contributed by atoms with Crippen molar-refractivity contribution in [2.75, 3.05) is 0 Å². The van der Waals surface area contributed by atoms with E-state index >= 15 is 0 Å². The lowest BCUT2D eigenvalue weighted by Crippen LogP contribution is -2.23. The number of carbonyl (C=O) groups excluding carboxylic acids is 1. The van der Waals surface area contributed by atoms with Gasteiger partial charge in [-0.2, -0.15) is 5.10 Å². The molecule has 0 fully saturated rings. The minimum atomic E-state index is -0.587. The summed E-state index contributed by atoms with van der Waals surface area (Å²) in [4.78, 5) is 13.0. The number of rotatable bonds is 4. The number of ketones is 1. The van der Waals surface area contributed by atoms with Gasteiger partial charge >= 0.3 is 0 Å². The fraction of sp³-hybridized carbons (Fsp3) is 0.333. The molecule has 6 heteroatoms. The molecule has 0 spiro atoms. The number of Topliss-reactive ketones (excluding diaryl/α,β-unsaturated/α-hetero) is 1. The maximum absolute atomic E-state index is 12.1. The first-order chi connectivity index (χ1) is 8.50. The molecule has 4 nitrogen and oxygen atoms in total. The number of hydrogen-bond donors (Lipinski definition) is 1. The molecular formula is C12H14ClN3OS. The highest BCUT2D eigenvalue weighted by Crippen LogP contribution is 2.23. The Morgan fingerprint density at radius 3 is 2.89 bits per heavy atom. The van der Waals surface area contributed by atoms with Crippen LogP contribution in [0.15, 0.2) is 17.5 Å². The van der Waals surface area contributed by atoms with Crippen LogP contribution in [0.3, 0.4) is 0 Å². The van der Waals surface area contributed by atoms with Crippen molar-refractivity contribution in [3.8, 4) is 0 Å². The van der Waals surface area contributed by atoms with E-state index < -0.39 is 6.04 Å². The van der Waals surface area contributed by atoms with Gasteiger partial charge in [0.15, 0.2) is 5.78 Å². The second-order valence-corrected chi connectivity index (χ2v) is 5.46. The smallest absolute Gasteiger partial charge is 0.160 e. The zero-order valence-electron chi connectivity index (χ0n) is 10.2. The predicted molar refractivity (Wildman–Crippen MR) is 72.9 cm³/mol. The molecule has 2 aromatic heterocycles. The van der Waals surface area contributed by atoms with Gasteiger partial charge in [0.05, 0.1) is 28.9 Å². The topological polar surface area (TPSA) is 60.9 Å². The van der Waals surface area contributed by atoms with Crippen LogP contribution in [-0.2, 0) is 18.3 Å². The fourth-order valence-electron chi connectivity index (χ4n) is 1.77. The molecule has 0 radical (unpaired) electrons. The van der Waals surface area contributed by atoms with Gasteiger partial charge in [-0.05, 0) is 18.4 Å². The first-order valence-electron chi connectivity index (χ1n) is 5.50. The fourth-order valence-corrected chi connectivity index (χ4v) is 2.75. The Hall–Kier alpha value is -1.17. The number of aryl methyl sites for hydroxylation is 2. The van der Waals surface area contributed by atoms with E-state index in [2.05, 4.69) is 5.10 Å². The molecule has 1 atom stereocenters. The summed E-state index contributed by atoms with van der Waals surface area (Å²) in [7, 11) is 1.78. The Labute approximate surface area is 114 Å². The van der Waals surface area contributed by atoms with Crippen molar-refractivity contribution in [2.24, 2.45) is 12.8 Å². The summed E-state index contributed by atoms with van der Waals surface area (Å²) in [5, 5.41) is 6.63. The minimum Gasteiger partial charge on any atom is -0.317 e. The van der Waals surface area contributed by atoms with Crippen molar-refractivity contribution < 1.29 is 4.79 Å². The van der Waals surface area contributed by atoms with Crippen molar-refractivity contribution in [3.05, 3.63) is 38.8 Å². The van der Waals surface area contributed by atoms with Crippen molar-refractivity contribution in [3.63, 3.8) is 0 Å². The zero-order chi connectivity index (χ0) is 13.3. The standard InChI is InChI=1S/C12H14ClN3OS/c1-7-11(13)8(16(2)15-7)6-9(17)12(14)10-4-3-5-18-10/h3-5,12H,6,14H2,1-2H3. The van der Waals surface area contributed by atoms with E-state index in [1.54, 1.807) is 11.7 Å². The van der Waals surface area contributed by atoms with Gasteiger partial charge in [-0.1, -0.05) is 17.7 Å². The summed E-state index contributed by atoms with van der Waals surface area (Å²) in [6.45, 7) is 1.81. The maximum Gasteiger partial charge on any atom is 0.160 e. The normalized spacial score (nSPS) is 12.7. The highest BCUT2D eigenvalue weighted by Gasteiger charge is 2.21. The summed E-state index contributed by atoms with van der Waals surface area (Å²) < 4.78 is 1.64. The van der Waals surface area contributed by atoms with Crippen molar-refractivity contribution in [1.82, 2.24) is 9.78 Å². The SMILES string of the molecule is Cc1nn(C)c(CC(=O)C(N)c2cccs2)c1Cl. The van der Waals surface area contributed by atoms with Crippen molar-refractivity contribution >= 4 is 28.7 Å². The number of thiophene rings is 1. The number of aromatic nitrogens is 2. The Morgan fingerprint density at radius 1 is 1.67 bits per heavy atom. The molecule has 2 heterocycles. The van der Waals surface area contributed by atoms with Crippen molar-refractivity contribution in [2.45, 2.75) is 19.4 Å². The zero-order valence-corrected chi connectivity index (χ0v) is 11.8. The Kier molecular flexibility index (Phi) is 3.85. The molecule has 0 aliphatic heterocycles. The van der Waals surface area contributed by atoms with E-state index in [1.165, 1.54) is 11.3 Å². The minimum absolute atomic E-state index is 0.0534. The van der Waals surface area contributed by atoms with E-state index in [0.29, 0.717) is 10.7 Å².